The van der Waals surface area contributed by atoms with Crippen LogP contribution in [0, 0.1) is 0 Å². The molecule has 0 fully saturated rings. The van der Waals surface area contributed by atoms with E-state index in [9.17, 15) is 0 Å². The van der Waals surface area contributed by atoms with Crippen LogP contribution in [-0.2, 0) is 0 Å². The van der Waals surface area contributed by atoms with Gasteiger partial charge in [-0.05, 0) is 57.3 Å². The number of hydrogen-bond donors (Lipinski definition) is 0. The van der Waals surface area contributed by atoms with Crippen molar-refractivity contribution >= 4 is 10.8 Å². The largest absolute Gasteiger partial charge is 0.228 e. The summed E-state index contributed by atoms with van der Waals surface area (Å²) in [6, 6.07) is 73.1. The van der Waals surface area contributed by atoms with E-state index < -0.39 is 0 Å². The molecule has 0 aliphatic rings. The Morgan fingerprint density at radius 2 is 0.534 bits per heavy atom. The molecule has 0 aliphatic carbocycles. The van der Waals surface area contributed by atoms with Crippen LogP contribution in [0.4, 0.5) is 0 Å². The van der Waals surface area contributed by atoms with E-state index in [-0.39, 0.29) is 0 Å². The maximum Gasteiger partial charge on any atom is 0.164 e. The van der Waals surface area contributed by atoms with Crippen molar-refractivity contribution in [2.45, 2.75) is 0 Å². The van der Waals surface area contributed by atoms with Crippen molar-refractivity contribution in [2.75, 3.05) is 0 Å². The number of fused-ring (bicyclic) bond motifs is 1. The molecule has 0 radical (unpaired) electrons. The summed E-state index contributed by atoms with van der Waals surface area (Å²) in [6.45, 7) is 0. The van der Waals surface area contributed by atoms with Crippen LogP contribution in [0.15, 0.2) is 212 Å². The number of rotatable bonds is 8. The zero-order chi connectivity index (χ0) is 38.7. The Morgan fingerprint density at radius 3 is 1.05 bits per heavy atom. The molecule has 272 valence electrons. The second-order valence-electron chi connectivity index (χ2n) is 14.2. The molecule has 2 heterocycles. The van der Waals surface area contributed by atoms with E-state index in [0.717, 1.165) is 72.4 Å². The van der Waals surface area contributed by atoms with Gasteiger partial charge in [0.15, 0.2) is 23.3 Å². The lowest BCUT2D eigenvalue weighted by atomic mass is 9.96. The van der Waals surface area contributed by atoms with Crippen LogP contribution in [0.5, 0.6) is 0 Å². The minimum absolute atomic E-state index is 0.635. The smallest absolute Gasteiger partial charge is 0.164 e. The van der Waals surface area contributed by atoms with Crippen LogP contribution < -0.4 is 0 Å². The van der Waals surface area contributed by atoms with Crippen molar-refractivity contribution in [1.29, 1.82) is 0 Å². The fourth-order valence-corrected chi connectivity index (χ4v) is 7.28. The molecule has 5 nitrogen and oxygen atoms in total. The van der Waals surface area contributed by atoms with Gasteiger partial charge in [-0.25, -0.2) is 24.9 Å². The first-order chi connectivity index (χ1) is 28.7. The summed E-state index contributed by atoms with van der Waals surface area (Å²) in [6.07, 6.45) is 0. The highest BCUT2D eigenvalue weighted by Gasteiger charge is 2.14. The Bertz CT molecular complexity index is 2910. The van der Waals surface area contributed by atoms with Gasteiger partial charge in [-0.1, -0.05) is 188 Å². The third-order valence-corrected chi connectivity index (χ3v) is 10.3. The summed E-state index contributed by atoms with van der Waals surface area (Å²) < 4.78 is 0. The molecule has 0 bridgehead atoms. The summed E-state index contributed by atoms with van der Waals surface area (Å²) in [5.74, 6) is 2.63. The SMILES string of the molecule is c1ccc(-c2cc(-c3ccc(-c4ccc5ccc(-c6cccc(-c7nc(-c8ccccc8)nc(-c8ccccc8)n7)c6)cc5c4)cc3)nc(-c3ccccc3)n2)cc1. The standard InChI is InChI=1S/C53H35N5/c1-5-14-38(15-6-1)48-35-49(55-50(54-48)40-16-7-2-8-17-40)39-28-24-36(25-29-39)44-30-26-37-27-31-45(34-47(37)33-44)43-22-13-23-46(32-43)53-57-51(41-18-9-3-10-19-41)56-52(58-53)42-20-11-4-12-21-42/h1-35H. The Labute approximate surface area is 337 Å². The highest BCUT2D eigenvalue weighted by Crippen LogP contribution is 2.33. The minimum atomic E-state index is 0.635. The Morgan fingerprint density at radius 1 is 0.190 bits per heavy atom. The third kappa shape index (κ3) is 7.16. The lowest BCUT2D eigenvalue weighted by Crippen LogP contribution is -2.00. The molecule has 0 amide bonds. The van der Waals surface area contributed by atoms with Crippen molar-refractivity contribution in [2.24, 2.45) is 0 Å². The number of benzene rings is 8. The van der Waals surface area contributed by atoms with Crippen molar-refractivity contribution in [1.82, 2.24) is 24.9 Å². The molecule has 10 rings (SSSR count). The Kier molecular flexibility index (Phi) is 9.14. The molecule has 0 aliphatic heterocycles. The van der Waals surface area contributed by atoms with Crippen LogP contribution in [0.2, 0.25) is 0 Å². The van der Waals surface area contributed by atoms with E-state index in [4.69, 9.17) is 24.9 Å². The molecule has 2 aromatic heterocycles. The van der Waals surface area contributed by atoms with Gasteiger partial charge in [0.25, 0.3) is 0 Å². The van der Waals surface area contributed by atoms with Crippen molar-refractivity contribution in [3.63, 3.8) is 0 Å². The average molecular weight is 742 g/mol. The summed E-state index contributed by atoms with van der Waals surface area (Å²) in [5.41, 5.74) is 12.2. The minimum Gasteiger partial charge on any atom is -0.228 e. The molecule has 5 heteroatoms. The quantitative estimate of drug-likeness (QED) is 0.155. The molecule has 10 aromatic rings. The van der Waals surface area contributed by atoms with Crippen LogP contribution in [0.3, 0.4) is 0 Å². The Balaban J connectivity index is 0.971. The first-order valence-electron chi connectivity index (χ1n) is 19.3. The van der Waals surface area contributed by atoms with E-state index >= 15 is 0 Å². The fourth-order valence-electron chi connectivity index (χ4n) is 7.28. The van der Waals surface area contributed by atoms with E-state index in [2.05, 4.69) is 115 Å². The second kappa shape index (κ2) is 15.3. The van der Waals surface area contributed by atoms with Gasteiger partial charge in [-0.3, -0.25) is 0 Å². The lowest BCUT2D eigenvalue weighted by Gasteiger charge is -2.11. The lowest BCUT2D eigenvalue weighted by molar-refractivity contribution is 1.07. The van der Waals surface area contributed by atoms with Gasteiger partial charge in [0.2, 0.25) is 0 Å². The first kappa shape index (κ1) is 34.6. The number of hydrogen-bond acceptors (Lipinski definition) is 5. The van der Waals surface area contributed by atoms with E-state index in [1.807, 2.05) is 97.1 Å². The molecule has 8 aromatic carbocycles. The van der Waals surface area contributed by atoms with Gasteiger partial charge in [0.1, 0.15) is 0 Å². The predicted molar refractivity (Wildman–Crippen MR) is 236 cm³/mol. The van der Waals surface area contributed by atoms with Gasteiger partial charge in [-0.2, -0.15) is 0 Å². The van der Waals surface area contributed by atoms with Crippen molar-refractivity contribution < 1.29 is 0 Å². The highest BCUT2D eigenvalue weighted by atomic mass is 15.0. The normalized spacial score (nSPS) is 11.1. The van der Waals surface area contributed by atoms with Gasteiger partial charge in [0.05, 0.1) is 11.4 Å². The summed E-state index contributed by atoms with van der Waals surface area (Å²) in [7, 11) is 0. The molecular weight excluding hydrogens is 707 g/mol. The van der Waals surface area contributed by atoms with Gasteiger partial charge < -0.3 is 0 Å². The van der Waals surface area contributed by atoms with Gasteiger partial charge >= 0.3 is 0 Å². The summed E-state index contributed by atoms with van der Waals surface area (Å²) in [5, 5.41) is 2.35. The third-order valence-electron chi connectivity index (χ3n) is 10.3. The van der Waals surface area contributed by atoms with Crippen LogP contribution in [0.1, 0.15) is 0 Å². The van der Waals surface area contributed by atoms with Gasteiger partial charge in [0, 0.05) is 33.4 Å². The summed E-state index contributed by atoms with van der Waals surface area (Å²) >= 11 is 0. The van der Waals surface area contributed by atoms with Crippen LogP contribution >= 0.6 is 0 Å². The second-order valence-corrected chi connectivity index (χ2v) is 14.2. The van der Waals surface area contributed by atoms with E-state index in [0.29, 0.717) is 23.3 Å². The zero-order valence-corrected chi connectivity index (χ0v) is 31.4. The highest BCUT2D eigenvalue weighted by molar-refractivity contribution is 5.91. The predicted octanol–water partition coefficient (Wildman–Crippen LogP) is 13.2. The molecule has 0 saturated heterocycles. The molecule has 0 saturated carbocycles. The molecule has 58 heavy (non-hydrogen) atoms. The monoisotopic (exact) mass is 741 g/mol. The average Bonchev–Trinajstić information content (AvgIpc) is 3.32. The van der Waals surface area contributed by atoms with Crippen molar-refractivity contribution in [3.8, 4) is 90.3 Å². The zero-order valence-electron chi connectivity index (χ0n) is 31.4. The van der Waals surface area contributed by atoms with E-state index in [1.165, 1.54) is 5.39 Å². The first-order valence-corrected chi connectivity index (χ1v) is 19.3. The van der Waals surface area contributed by atoms with Gasteiger partial charge in [-0.15, -0.1) is 0 Å². The summed E-state index contributed by atoms with van der Waals surface area (Å²) in [4.78, 5) is 24.8. The maximum atomic E-state index is 5.02. The fraction of sp³-hybridized carbons (Fsp3) is 0. The van der Waals surface area contributed by atoms with Crippen LogP contribution in [-0.4, -0.2) is 24.9 Å². The molecule has 0 unspecified atom stereocenters. The van der Waals surface area contributed by atoms with Crippen LogP contribution in [0.25, 0.3) is 101 Å². The van der Waals surface area contributed by atoms with Crippen molar-refractivity contribution in [3.05, 3.63) is 212 Å². The molecular formula is C53H35N5. The molecule has 0 N–H and O–H groups in total. The number of aromatic nitrogens is 5. The van der Waals surface area contributed by atoms with E-state index in [1.54, 1.807) is 0 Å². The topological polar surface area (TPSA) is 64.5 Å². The number of nitrogens with zero attached hydrogens (tertiary/aromatic N) is 5. The Hall–Kier alpha value is -7.89. The molecule has 0 atom stereocenters. The molecule has 0 spiro atoms. The maximum absolute atomic E-state index is 5.02.